The molecule has 0 radical (unpaired) electrons. The van der Waals surface area contributed by atoms with Crippen LogP contribution in [0.2, 0.25) is 0 Å². The lowest BCUT2D eigenvalue weighted by Gasteiger charge is -2.39. The standard InChI is InChI=1S/C19H22N2O2/c1-18(2)10-11-19(3,4)14(13-18)7-5-6-8-16-15(17(22)23)9-12-20-21-16/h5,7,9-12,14H,13H2,1-4H3,(H,22,23). The molecule has 0 saturated carbocycles. The van der Waals surface area contributed by atoms with Crippen LogP contribution >= 0.6 is 0 Å². The van der Waals surface area contributed by atoms with E-state index in [1.165, 1.54) is 12.3 Å². The number of aromatic nitrogens is 2. The predicted octanol–water partition coefficient (Wildman–Crippen LogP) is 3.71. The molecule has 0 aliphatic heterocycles. The molecule has 4 nitrogen and oxygen atoms in total. The molecule has 0 saturated heterocycles. The highest BCUT2D eigenvalue weighted by molar-refractivity contribution is 5.89. The molecule has 1 aliphatic carbocycles. The van der Waals surface area contributed by atoms with Crippen molar-refractivity contribution in [1.82, 2.24) is 10.2 Å². The lowest BCUT2D eigenvalue weighted by molar-refractivity contribution is 0.0696. The van der Waals surface area contributed by atoms with Crippen molar-refractivity contribution in [3.63, 3.8) is 0 Å². The molecule has 0 bridgehead atoms. The molecular weight excluding hydrogens is 288 g/mol. The van der Waals surface area contributed by atoms with Gasteiger partial charge in [0.05, 0.1) is 11.8 Å². The highest BCUT2D eigenvalue weighted by atomic mass is 16.4. The molecule has 0 amide bonds. The van der Waals surface area contributed by atoms with Crippen LogP contribution in [0.3, 0.4) is 0 Å². The van der Waals surface area contributed by atoms with E-state index in [1.54, 1.807) is 6.08 Å². The molecule has 0 aromatic carbocycles. The summed E-state index contributed by atoms with van der Waals surface area (Å²) in [6.45, 7) is 8.88. The Morgan fingerprint density at radius 3 is 2.78 bits per heavy atom. The second-order valence-corrected chi connectivity index (χ2v) is 7.18. The summed E-state index contributed by atoms with van der Waals surface area (Å²) in [6.07, 6.45) is 10.9. The Balaban J connectivity index is 2.17. The highest BCUT2D eigenvalue weighted by Crippen LogP contribution is 2.44. The lowest BCUT2D eigenvalue weighted by atomic mass is 9.65. The van der Waals surface area contributed by atoms with E-state index in [0.29, 0.717) is 5.92 Å². The number of nitrogens with zero attached hydrogens (tertiary/aromatic N) is 2. The summed E-state index contributed by atoms with van der Waals surface area (Å²) in [5.74, 6) is 5.00. The second kappa shape index (κ2) is 6.37. The number of aromatic carboxylic acids is 1. The van der Waals surface area contributed by atoms with Crippen molar-refractivity contribution >= 4 is 5.97 Å². The number of carbonyl (C=O) groups is 1. The van der Waals surface area contributed by atoms with Crippen LogP contribution in [0.1, 0.15) is 50.2 Å². The maximum atomic E-state index is 11.1. The van der Waals surface area contributed by atoms with Crippen molar-refractivity contribution in [1.29, 1.82) is 0 Å². The fourth-order valence-corrected chi connectivity index (χ4v) is 2.65. The van der Waals surface area contributed by atoms with Crippen LogP contribution in [0, 0.1) is 28.6 Å². The lowest BCUT2D eigenvalue weighted by Crippen LogP contribution is -2.30. The molecule has 1 heterocycles. The van der Waals surface area contributed by atoms with Crippen molar-refractivity contribution < 1.29 is 9.90 Å². The number of hydrogen-bond donors (Lipinski definition) is 1. The normalized spacial score (nSPS) is 21.7. The molecule has 1 unspecified atom stereocenters. The minimum absolute atomic E-state index is 0.0722. The number of allylic oxidation sites excluding steroid dienone is 4. The van der Waals surface area contributed by atoms with Crippen LogP contribution in [0.25, 0.3) is 0 Å². The monoisotopic (exact) mass is 310 g/mol. The van der Waals surface area contributed by atoms with Gasteiger partial charge in [0.25, 0.3) is 0 Å². The molecule has 120 valence electrons. The van der Waals surface area contributed by atoms with Gasteiger partial charge in [0.1, 0.15) is 0 Å². The van der Waals surface area contributed by atoms with Gasteiger partial charge in [-0.25, -0.2) is 4.79 Å². The topological polar surface area (TPSA) is 63.1 Å². The van der Waals surface area contributed by atoms with Crippen molar-refractivity contribution in [3.05, 3.63) is 47.8 Å². The first-order valence-corrected chi connectivity index (χ1v) is 7.65. The summed E-state index contributed by atoms with van der Waals surface area (Å²) >= 11 is 0. The summed E-state index contributed by atoms with van der Waals surface area (Å²) < 4.78 is 0. The van der Waals surface area contributed by atoms with Crippen LogP contribution < -0.4 is 0 Å². The first kappa shape index (κ1) is 17.0. The van der Waals surface area contributed by atoms with Gasteiger partial charge in [0, 0.05) is 0 Å². The Kier molecular flexibility index (Phi) is 4.70. The zero-order chi connectivity index (χ0) is 17.1. The molecular formula is C19H22N2O2. The molecule has 0 fully saturated rings. The Hall–Kier alpha value is -2.41. The van der Waals surface area contributed by atoms with Gasteiger partial charge < -0.3 is 5.11 Å². The van der Waals surface area contributed by atoms with E-state index in [-0.39, 0.29) is 22.1 Å². The van der Waals surface area contributed by atoms with Crippen molar-refractivity contribution in [2.75, 3.05) is 0 Å². The van der Waals surface area contributed by atoms with Crippen LogP contribution in [-0.4, -0.2) is 21.3 Å². The smallest absolute Gasteiger partial charge is 0.338 e. The minimum atomic E-state index is -1.05. The molecule has 0 spiro atoms. The third-order valence-corrected chi connectivity index (χ3v) is 4.22. The van der Waals surface area contributed by atoms with E-state index < -0.39 is 5.97 Å². The number of carboxylic acids is 1. The molecule has 1 aromatic heterocycles. The van der Waals surface area contributed by atoms with Gasteiger partial charge in [-0.2, -0.15) is 5.10 Å². The van der Waals surface area contributed by atoms with Crippen LogP contribution in [-0.2, 0) is 0 Å². The van der Waals surface area contributed by atoms with E-state index in [2.05, 4.69) is 68.0 Å². The van der Waals surface area contributed by atoms with Crippen LogP contribution in [0.15, 0.2) is 36.6 Å². The zero-order valence-corrected chi connectivity index (χ0v) is 14.0. The third-order valence-electron chi connectivity index (χ3n) is 4.22. The molecule has 1 aliphatic rings. The summed E-state index contributed by atoms with van der Waals surface area (Å²) in [7, 11) is 0. The summed E-state index contributed by atoms with van der Waals surface area (Å²) in [6, 6.07) is 1.40. The summed E-state index contributed by atoms with van der Waals surface area (Å²) in [5.41, 5.74) is 0.530. The predicted molar refractivity (Wildman–Crippen MR) is 89.8 cm³/mol. The maximum absolute atomic E-state index is 11.1. The van der Waals surface area contributed by atoms with Gasteiger partial charge in [-0.05, 0) is 41.2 Å². The Labute approximate surface area is 137 Å². The molecule has 23 heavy (non-hydrogen) atoms. The van der Waals surface area contributed by atoms with Gasteiger partial charge in [-0.15, -0.1) is 5.10 Å². The fourth-order valence-electron chi connectivity index (χ4n) is 2.65. The molecule has 1 atom stereocenters. The summed E-state index contributed by atoms with van der Waals surface area (Å²) in [5, 5.41) is 16.6. The van der Waals surface area contributed by atoms with Crippen molar-refractivity contribution in [2.45, 2.75) is 34.1 Å². The van der Waals surface area contributed by atoms with E-state index in [0.717, 1.165) is 6.42 Å². The van der Waals surface area contributed by atoms with Crippen molar-refractivity contribution in [2.24, 2.45) is 16.7 Å². The molecule has 1 N–H and O–H groups in total. The van der Waals surface area contributed by atoms with Gasteiger partial charge in [-0.3, -0.25) is 0 Å². The van der Waals surface area contributed by atoms with Gasteiger partial charge in [-0.1, -0.05) is 51.8 Å². The first-order valence-electron chi connectivity index (χ1n) is 7.65. The highest BCUT2D eigenvalue weighted by Gasteiger charge is 2.34. The average Bonchev–Trinajstić information content (AvgIpc) is 2.47. The van der Waals surface area contributed by atoms with Crippen molar-refractivity contribution in [3.8, 4) is 11.8 Å². The van der Waals surface area contributed by atoms with Gasteiger partial charge in [0.15, 0.2) is 5.69 Å². The Morgan fingerprint density at radius 1 is 1.35 bits per heavy atom. The third kappa shape index (κ3) is 4.29. The zero-order valence-electron chi connectivity index (χ0n) is 14.0. The fraction of sp³-hybridized carbons (Fsp3) is 0.421. The molecule has 4 heteroatoms. The first-order chi connectivity index (χ1) is 10.7. The molecule has 1 aromatic rings. The van der Waals surface area contributed by atoms with E-state index in [9.17, 15) is 4.79 Å². The van der Waals surface area contributed by atoms with Gasteiger partial charge >= 0.3 is 5.97 Å². The van der Waals surface area contributed by atoms with E-state index in [4.69, 9.17) is 5.11 Å². The number of hydrogen-bond acceptors (Lipinski definition) is 3. The van der Waals surface area contributed by atoms with Crippen LogP contribution in [0.5, 0.6) is 0 Å². The Bertz CT molecular complexity index is 718. The van der Waals surface area contributed by atoms with Crippen LogP contribution in [0.4, 0.5) is 0 Å². The summed E-state index contributed by atoms with van der Waals surface area (Å²) in [4.78, 5) is 11.1. The number of rotatable bonds is 2. The second-order valence-electron chi connectivity index (χ2n) is 7.18. The average molecular weight is 310 g/mol. The SMILES string of the molecule is CC1(C)C=CC(C)(C)C(C=CC#Cc2nnccc2C(=O)O)C1. The molecule has 2 rings (SSSR count). The minimum Gasteiger partial charge on any atom is -0.478 e. The maximum Gasteiger partial charge on any atom is 0.338 e. The van der Waals surface area contributed by atoms with Gasteiger partial charge in [0.2, 0.25) is 0 Å². The van der Waals surface area contributed by atoms with E-state index >= 15 is 0 Å². The number of carboxylic acid groups (broad SMARTS) is 1. The van der Waals surface area contributed by atoms with E-state index in [1.807, 2.05) is 0 Å². The largest absolute Gasteiger partial charge is 0.478 e. The Morgan fingerprint density at radius 2 is 2.09 bits per heavy atom. The quantitative estimate of drug-likeness (QED) is 0.668.